The van der Waals surface area contributed by atoms with Gasteiger partial charge in [0.25, 0.3) is 5.91 Å². The summed E-state index contributed by atoms with van der Waals surface area (Å²) in [6.45, 7) is 0.624. The maximum absolute atomic E-state index is 13.6. The molecule has 2 aliphatic rings. The molecule has 0 aromatic heterocycles. The van der Waals surface area contributed by atoms with Crippen LogP contribution in [0, 0.1) is 0 Å². The van der Waals surface area contributed by atoms with Gasteiger partial charge in [0.05, 0.1) is 46.1 Å². The molecule has 0 bridgehead atoms. The van der Waals surface area contributed by atoms with Crippen molar-refractivity contribution in [2.24, 2.45) is 0 Å². The van der Waals surface area contributed by atoms with Crippen LogP contribution in [0.15, 0.2) is 24.3 Å². The third kappa shape index (κ3) is 2.66. The van der Waals surface area contributed by atoms with Crippen LogP contribution in [0.2, 0.25) is 0 Å². The van der Waals surface area contributed by atoms with Gasteiger partial charge in [0.1, 0.15) is 0 Å². The van der Waals surface area contributed by atoms with Crippen molar-refractivity contribution in [3.05, 3.63) is 35.4 Å². The van der Waals surface area contributed by atoms with Gasteiger partial charge >= 0.3 is 0 Å². The van der Waals surface area contributed by atoms with Crippen LogP contribution in [0.3, 0.4) is 0 Å². The average Bonchev–Trinajstić information content (AvgIpc) is 3.11. The molecule has 1 fully saturated rings. The number of hydrogen-bond donors (Lipinski definition) is 1. The van der Waals surface area contributed by atoms with E-state index in [9.17, 15) is 9.90 Å². The van der Waals surface area contributed by atoms with Gasteiger partial charge in [0, 0.05) is 6.54 Å². The average molecular weight is 423 g/mol. The number of carbonyl (C=O) groups excluding carboxylic acids is 1. The molecule has 5 rings (SSSR count). The lowest BCUT2D eigenvalue weighted by molar-refractivity contribution is 0.0195. The van der Waals surface area contributed by atoms with Gasteiger partial charge in [-0.2, -0.15) is 0 Å². The standard InChI is InChI=1S/C24H25NO6/c1-28-17-8-12-13-9-18(29-2)20(31-4)11-15(13)22-21(14(12)10-19(17)30-3)23-16(26)6-5-7-25(23)24(22)27/h8-11,16,23,26H,5-7H2,1-4H3. The number of benzene rings is 3. The molecule has 3 aromatic carbocycles. The predicted octanol–water partition coefficient (Wildman–Crippen LogP) is 3.68. The molecular weight excluding hydrogens is 398 g/mol. The van der Waals surface area contributed by atoms with Gasteiger partial charge in [-0.05, 0) is 64.2 Å². The van der Waals surface area contributed by atoms with Crippen LogP contribution >= 0.6 is 0 Å². The zero-order valence-electron chi connectivity index (χ0n) is 18.0. The number of nitrogens with zero attached hydrogens (tertiary/aromatic N) is 1. The van der Waals surface area contributed by atoms with Gasteiger partial charge in [-0.3, -0.25) is 4.79 Å². The summed E-state index contributed by atoms with van der Waals surface area (Å²) in [7, 11) is 6.35. The Kier molecular flexibility index (Phi) is 4.59. The second-order valence-corrected chi connectivity index (χ2v) is 7.95. The van der Waals surface area contributed by atoms with E-state index in [0.717, 1.165) is 33.5 Å². The molecule has 1 saturated heterocycles. The van der Waals surface area contributed by atoms with Crippen molar-refractivity contribution >= 4 is 27.5 Å². The van der Waals surface area contributed by atoms with Crippen molar-refractivity contribution in [3.8, 4) is 23.0 Å². The van der Waals surface area contributed by atoms with Crippen LogP contribution in [0.4, 0.5) is 0 Å². The van der Waals surface area contributed by atoms with E-state index < -0.39 is 6.10 Å². The maximum Gasteiger partial charge on any atom is 0.255 e. The highest BCUT2D eigenvalue weighted by atomic mass is 16.5. The highest BCUT2D eigenvalue weighted by Crippen LogP contribution is 2.50. The number of fused-ring (bicyclic) bond motifs is 8. The fourth-order valence-corrected chi connectivity index (χ4v) is 5.15. The Morgan fingerprint density at radius 3 is 1.84 bits per heavy atom. The Balaban J connectivity index is 1.98. The summed E-state index contributed by atoms with van der Waals surface area (Å²) in [6.07, 6.45) is 0.821. The molecule has 0 spiro atoms. The first-order valence-electron chi connectivity index (χ1n) is 10.3. The molecule has 7 nitrogen and oxygen atoms in total. The highest BCUT2D eigenvalue weighted by molar-refractivity contribution is 6.22. The van der Waals surface area contributed by atoms with E-state index in [0.29, 0.717) is 41.5 Å². The van der Waals surface area contributed by atoms with Gasteiger partial charge in [-0.15, -0.1) is 0 Å². The lowest BCUT2D eigenvalue weighted by atomic mass is 9.87. The van der Waals surface area contributed by atoms with E-state index in [1.807, 2.05) is 24.3 Å². The summed E-state index contributed by atoms with van der Waals surface area (Å²) < 4.78 is 22.2. The molecule has 7 heteroatoms. The molecule has 0 radical (unpaired) electrons. The van der Waals surface area contributed by atoms with E-state index in [4.69, 9.17) is 18.9 Å². The van der Waals surface area contributed by atoms with E-state index in [1.54, 1.807) is 33.3 Å². The third-order valence-electron chi connectivity index (χ3n) is 6.54. The van der Waals surface area contributed by atoms with E-state index in [2.05, 4.69) is 0 Å². The predicted molar refractivity (Wildman–Crippen MR) is 117 cm³/mol. The first-order chi connectivity index (χ1) is 15.0. The number of piperidine rings is 1. The summed E-state index contributed by atoms with van der Waals surface area (Å²) in [5.74, 6) is 2.24. The van der Waals surface area contributed by atoms with Crippen LogP contribution in [-0.2, 0) is 0 Å². The smallest absolute Gasteiger partial charge is 0.255 e. The normalized spacial score (nSPS) is 20.0. The van der Waals surface area contributed by atoms with Crippen LogP contribution in [-0.4, -0.2) is 57.0 Å². The molecule has 2 unspecified atom stereocenters. The van der Waals surface area contributed by atoms with Crippen LogP contribution < -0.4 is 18.9 Å². The number of methoxy groups -OCH3 is 4. The Hall–Kier alpha value is -3.19. The molecule has 162 valence electrons. The topological polar surface area (TPSA) is 77.5 Å². The molecule has 2 heterocycles. The summed E-state index contributed by atoms with van der Waals surface area (Å²) in [5, 5.41) is 14.3. The Labute approximate surface area is 180 Å². The highest BCUT2D eigenvalue weighted by Gasteiger charge is 2.45. The molecule has 2 atom stereocenters. The molecule has 0 aliphatic carbocycles. The molecule has 31 heavy (non-hydrogen) atoms. The number of ether oxygens (including phenoxy) is 4. The summed E-state index contributed by atoms with van der Waals surface area (Å²) in [6, 6.07) is 7.19. The van der Waals surface area contributed by atoms with Crippen LogP contribution in [0.25, 0.3) is 21.5 Å². The second-order valence-electron chi connectivity index (χ2n) is 7.95. The molecule has 1 N–H and O–H groups in total. The quantitative estimate of drug-likeness (QED) is 0.645. The zero-order valence-corrected chi connectivity index (χ0v) is 18.0. The number of rotatable bonds is 4. The van der Waals surface area contributed by atoms with Crippen LogP contribution in [0.5, 0.6) is 23.0 Å². The lowest BCUT2D eigenvalue weighted by Gasteiger charge is -2.34. The first kappa shape index (κ1) is 19.8. The fourth-order valence-electron chi connectivity index (χ4n) is 5.15. The van der Waals surface area contributed by atoms with Crippen LogP contribution in [0.1, 0.15) is 34.8 Å². The summed E-state index contributed by atoms with van der Waals surface area (Å²) in [4.78, 5) is 15.3. The van der Waals surface area contributed by atoms with Gasteiger partial charge in [-0.1, -0.05) is 0 Å². The third-order valence-corrected chi connectivity index (χ3v) is 6.54. The SMILES string of the molecule is COc1cc2c3c(c4cc(OC)c(OC)cc4c2cc1OC)C1C(O)CCCN1C3=O. The second kappa shape index (κ2) is 7.20. The Bertz CT molecular complexity index is 1220. The number of amides is 1. The van der Waals surface area contributed by atoms with E-state index in [1.165, 1.54) is 0 Å². The van der Waals surface area contributed by atoms with Crippen molar-refractivity contribution in [1.82, 2.24) is 4.90 Å². The monoisotopic (exact) mass is 423 g/mol. The van der Waals surface area contributed by atoms with Crippen molar-refractivity contribution in [2.45, 2.75) is 25.0 Å². The first-order valence-corrected chi connectivity index (χ1v) is 10.3. The van der Waals surface area contributed by atoms with Gasteiger partial charge < -0.3 is 29.0 Å². The summed E-state index contributed by atoms with van der Waals surface area (Å²) >= 11 is 0. The number of hydrogen-bond acceptors (Lipinski definition) is 6. The largest absolute Gasteiger partial charge is 0.493 e. The molecule has 0 saturated carbocycles. The van der Waals surface area contributed by atoms with Gasteiger partial charge in [-0.25, -0.2) is 0 Å². The van der Waals surface area contributed by atoms with Gasteiger partial charge in [0.2, 0.25) is 0 Å². The van der Waals surface area contributed by atoms with Crippen molar-refractivity contribution in [1.29, 1.82) is 0 Å². The number of carbonyl (C=O) groups is 1. The number of aliphatic hydroxyl groups is 1. The minimum atomic E-state index is -0.618. The van der Waals surface area contributed by atoms with Crippen molar-refractivity contribution in [2.75, 3.05) is 35.0 Å². The lowest BCUT2D eigenvalue weighted by Crippen LogP contribution is -2.40. The molecule has 1 amide bonds. The zero-order chi connectivity index (χ0) is 21.9. The van der Waals surface area contributed by atoms with E-state index in [-0.39, 0.29) is 11.9 Å². The molecular formula is C24H25NO6. The van der Waals surface area contributed by atoms with Crippen molar-refractivity contribution < 1.29 is 28.8 Å². The molecule has 3 aromatic rings. The van der Waals surface area contributed by atoms with Crippen molar-refractivity contribution in [3.63, 3.8) is 0 Å². The number of aliphatic hydroxyl groups excluding tert-OH is 1. The minimum Gasteiger partial charge on any atom is -0.493 e. The fraction of sp³-hybridized carbons (Fsp3) is 0.375. The Morgan fingerprint density at radius 1 is 0.806 bits per heavy atom. The Morgan fingerprint density at radius 2 is 1.29 bits per heavy atom. The molecule has 2 aliphatic heterocycles. The van der Waals surface area contributed by atoms with E-state index >= 15 is 0 Å². The van der Waals surface area contributed by atoms with Gasteiger partial charge in [0.15, 0.2) is 23.0 Å². The maximum atomic E-state index is 13.6. The summed E-state index contributed by atoms with van der Waals surface area (Å²) in [5.41, 5.74) is 1.45. The minimum absolute atomic E-state index is 0.0624.